The van der Waals surface area contributed by atoms with Gasteiger partial charge in [-0.05, 0) is 61.5 Å². The first-order valence-electron chi connectivity index (χ1n) is 14.2. The van der Waals surface area contributed by atoms with E-state index in [0.717, 1.165) is 43.9 Å². The van der Waals surface area contributed by atoms with Crippen LogP contribution in [0.3, 0.4) is 0 Å². The van der Waals surface area contributed by atoms with Gasteiger partial charge in [0.2, 0.25) is 5.91 Å². The zero-order valence-corrected chi connectivity index (χ0v) is 24.6. The maximum atomic E-state index is 13.0. The molecule has 3 aromatic carbocycles. The van der Waals surface area contributed by atoms with Crippen molar-refractivity contribution in [3.8, 4) is 5.88 Å². The molecule has 1 aromatic heterocycles. The van der Waals surface area contributed by atoms with Crippen LogP contribution in [-0.4, -0.2) is 91.4 Å². The van der Waals surface area contributed by atoms with Crippen LogP contribution in [0.1, 0.15) is 34.0 Å². The van der Waals surface area contributed by atoms with E-state index in [4.69, 9.17) is 9.73 Å². The number of nitrogens with zero attached hydrogens (tertiary/aromatic N) is 4. The second kappa shape index (κ2) is 12.6. The van der Waals surface area contributed by atoms with Crippen molar-refractivity contribution in [3.63, 3.8) is 0 Å². The molecule has 2 heterocycles. The van der Waals surface area contributed by atoms with Crippen molar-refractivity contribution in [2.75, 3.05) is 58.8 Å². The van der Waals surface area contributed by atoms with E-state index in [1.54, 1.807) is 30.1 Å². The molecule has 0 saturated carbocycles. The van der Waals surface area contributed by atoms with Crippen LogP contribution in [0.15, 0.2) is 71.7 Å². The average molecular weight is 568 g/mol. The number of aromatic nitrogens is 1. The van der Waals surface area contributed by atoms with Crippen LogP contribution in [-0.2, 0) is 16.0 Å². The summed E-state index contributed by atoms with van der Waals surface area (Å²) in [6.45, 7) is 6.17. The molecule has 0 spiro atoms. The van der Waals surface area contributed by atoms with Gasteiger partial charge >= 0.3 is 5.97 Å². The third kappa shape index (κ3) is 6.22. The van der Waals surface area contributed by atoms with E-state index in [2.05, 4.69) is 28.8 Å². The Balaban J connectivity index is 1.49. The number of carbonyl (C=O) groups is 2. The van der Waals surface area contributed by atoms with Gasteiger partial charge in [0.25, 0.3) is 0 Å². The summed E-state index contributed by atoms with van der Waals surface area (Å²) in [4.78, 5) is 39.4. The Hall–Kier alpha value is -4.47. The van der Waals surface area contributed by atoms with Gasteiger partial charge in [-0.15, -0.1) is 0 Å². The van der Waals surface area contributed by atoms with Crippen molar-refractivity contribution in [2.45, 2.75) is 13.3 Å². The second-order valence-corrected chi connectivity index (χ2v) is 10.7. The summed E-state index contributed by atoms with van der Waals surface area (Å²) < 4.78 is 4.92. The molecule has 2 N–H and O–H groups in total. The SMILES string of the molecule is CCc1ccc(C(=Nc2ccc(N(C)C(=O)CN3CCN(C)CC3)cc2)c2c(O)[nH]c3ccc(C(=O)OC)cc23)cc1. The molecule has 0 bridgehead atoms. The number of fused-ring (bicyclic) bond motifs is 1. The Bertz CT molecular complexity index is 1600. The van der Waals surface area contributed by atoms with Gasteiger partial charge in [0.05, 0.1) is 36.2 Å². The third-order valence-corrected chi connectivity index (χ3v) is 7.88. The molecule has 1 aliphatic heterocycles. The third-order valence-electron chi connectivity index (χ3n) is 7.88. The molecule has 0 aliphatic carbocycles. The number of piperazine rings is 1. The number of aryl methyl sites for hydroxylation is 1. The van der Waals surface area contributed by atoms with Crippen LogP contribution in [0, 0.1) is 0 Å². The molecule has 42 heavy (non-hydrogen) atoms. The van der Waals surface area contributed by atoms with Gasteiger partial charge in [-0.25, -0.2) is 9.79 Å². The van der Waals surface area contributed by atoms with Gasteiger partial charge in [0.1, 0.15) is 0 Å². The van der Waals surface area contributed by atoms with E-state index in [-0.39, 0.29) is 11.8 Å². The molecule has 0 unspecified atom stereocenters. The largest absolute Gasteiger partial charge is 0.494 e. The highest BCUT2D eigenvalue weighted by atomic mass is 16.5. The fraction of sp³-hybridized carbons (Fsp3) is 0.303. The molecule has 218 valence electrons. The number of nitrogens with one attached hydrogen (secondary N) is 1. The number of hydrogen-bond donors (Lipinski definition) is 2. The number of benzene rings is 3. The molecule has 9 nitrogen and oxygen atoms in total. The Morgan fingerprint density at radius 3 is 2.29 bits per heavy atom. The zero-order valence-electron chi connectivity index (χ0n) is 24.6. The van der Waals surface area contributed by atoms with Crippen molar-refractivity contribution < 1.29 is 19.4 Å². The van der Waals surface area contributed by atoms with Crippen LogP contribution in [0.25, 0.3) is 10.9 Å². The maximum Gasteiger partial charge on any atom is 0.337 e. The average Bonchev–Trinajstić information content (AvgIpc) is 3.35. The van der Waals surface area contributed by atoms with Crippen molar-refractivity contribution in [1.29, 1.82) is 0 Å². The number of hydrogen-bond acceptors (Lipinski definition) is 7. The molecule has 0 radical (unpaired) electrons. The fourth-order valence-electron chi connectivity index (χ4n) is 5.15. The van der Waals surface area contributed by atoms with E-state index >= 15 is 0 Å². The number of carbonyl (C=O) groups excluding carboxylic acids is 2. The first-order chi connectivity index (χ1) is 20.3. The van der Waals surface area contributed by atoms with Crippen LogP contribution in [0.5, 0.6) is 5.88 Å². The van der Waals surface area contributed by atoms with Gasteiger partial charge in [-0.3, -0.25) is 9.69 Å². The molecule has 1 aliphatic rings. The standard InChI is InChI=1S/C33H37N5O4/c1-5-22-6-8-23(9-7-22)31(30-27-20-24(33(41)42-4)10-15-28(27)35-32(30)40)34-25-11-13-26(14-12-25)37(3)29(39)21-38-18-16-36(2)17-19-38/h6-15,20,35,40H,5,16-19,21H2,1-4H3. The van der Waals surface area contributed by atoms with Crippen LogP contribution < -0.4 is 4.90 Å². The highest BCUT2D eigenvalue weighted by Crippen LogP contribution is 2.33. The van der Waals surface area contributed by atoms with Crippen molar-refractivity contribution in [3.05, 3.63) is 89.0 Å². The summed E-state index contributed by atoms with van der Waals surface area (Å²) in [5, 5.41) is 11.7. The number of H-pyrrole nitrogens is 1. The molecule has 0 atom stereocenters. The van der Waals surface area contributed by atoms with Crippen molar-refractivity contribution in [2.24, 2.45) is 4.99 Å². The highest BCUT2D eigenvalue weighted by Gasteiger charge is 2.22. The Morgan fingerprint density at radius 1 is 0.976 bits per heavy atom. The lowest BCUT2D eigenvalue weighted by Gasteiger charge is -2.32. The second-order valence-electron chi connectivity index (χ2n) is 10.7. The summed E-state index contributed by atoms with van der Waals surface area (Å²) in [6, 6.07) is 20.6. The van der Waals surface area contributed by atoms with Crippen molar-refractivity contribution in [1.82, 2.24) is 14.8 Å². The summed E-state index contributed by atoms with van der Waals surface area (Å²) in [5.74, 6) is -0.468. The number of likely N-dealkylation sites (N-methyl/N-ethyl adjacent to an activating group) is 2. The normalized spacial score (nSPS) is 14.7. The predicted molar refractivity (Wildman–Crippen MR) is 166 cm³/mol. The monoisotopic (exact) mass is 567 g/mol. The smallest absolute Gasteiger partial charge is 0.337 e. The lowest BCUT2D eigenvalue weighted by molar-refractivity contribution is -0.119. The number of aliphatic imine (C=N–C) groups is 1. The Labute approximate surface area is 246 Å². The van der Waals surface area contributed by atoms with Crippen LogP contribution in [0.2, 0.25) is 0 Å². The Morgan fingerprint density at radius 2 is 1.64 bits per heavy atom. The van der Waals surface area contributed by atoms with E-state index in [1.807, 2.05) is 48.5 Å². The molecule has 1 amide bonds. The van der Waals surface area contributed by atoms with Gasteiger partial charge < -0.3 is 24.6 Å². The molecular weight excluding hydrogens is 530 g/mol. The van der Waals surface area contributed by atoms with E-state index in [1.165, 1.54) is 12.7 Å². The Kier molecular flexibility index (Phi) is 8.70. The quantitative estimate of drug-likeness (QED) is 0.238. The van der Waals surface area contributed by atoms with Gasteiger partial charge in [-0.2, -0.15) is 0 Å². The number of ether oxygens (including phenoxy) is 1. The number of amides is 1. The highest BCUT2D eigenvalue weighted by molar-refractivity contribution is 6.22. The summed E-state index contributed by atoms with van der Waals surface area (Å²) in [7, 11) is 5.23. The van der Waals surface area contributed by atoms with Crippen molar-refractivity contribution >= 4 is 39.9 Å². The van der Waals surface area contributed by atoms with E-state index in [0.29, 0.717) is 40.0 Å². The molecule has 4 aromatic rings. The number of rotatable bonds is 8. The fourth-order valence-corrected chi connectivity index (χ4v) is 5.15. The van der Waals surface area contributed by atoms with E-state index < -0.39 is 5.97 Å². The minimum absolute atomic E-state index is 0.0395. The first-order valence-corrected chi connectivity index (χ1v) is 14.2. The lowest BCUT2D eigenvalue weighted by atomic mass is 9.98. The van der Waals surface area contributed by atoms with Gasteiger partial charge in [-0.1, -0.05) is 31.2 Å². The summed E-state index contributed by atoms with van der Waals surface area (Å²) in [5.41, 5.74) is 5.52. The number of methoxy groups -OCH3 is 1. The van der Waals surface area contributed by atoms with Gasteiger partial charge in [0, 0.05) is 55.4 Å². The van der Waals surface area contributed by atoms with Crippen LogP contribution in [0.4, 0.5) is 11.4 Å². The molecule has 5 rings (SSSR count). The lowest BCUT2D eigenvalue weighted by Crippen LogP contribution is -2.48. The summed E-state index contributed by atoms with van der Waals surface area (Å²) >= 11 is 0. The minimum Gasteiger partial charge on any atom is -0.494 e. The van der Waals surface area contributed by atoms with Crippen LogP contribution >= 0.6 is 0 Å². The van der Waals surface area contributed by atoms with E-state index in [9.17, 15) is 14.7 Å². The van der Waals surface area contributed by atoms with Gasteiger partial charge in [0.15, 0.2) is 5.88 Å². The molecule has 9 heteroatoms. The zero-order chi connectivity index (χ0) is 29.8. The summed E-state index contributed by atoms with van der Waals surface area (Å²) in [6.07, 6.45) is 0.899. The molecule has 1 fully saturated rings. The maximum absolute atomic E-state index is 13.0. The molecule has 1 saturated heterocycles. The number of aromatic hydroxyl groups is 1. The minimum atomic E-state index is -0.462. The first kappa shape index (κ1) is 29.0. The topological polar surface area (TPSA) is 101 Å². The number of anilines is 1. The number of esters is 1. The predicted octanol–water partition coefficient (Wildman–Crippen LogP) is 4.60. The number of aromatic amines is 1. The molecular formula is C33H37N5O4.